The predicted octanol–water partition coefficient (Wildman–Crippen LogP) is 6.40. The van der Waals surface area contributed by atoms with E-state index in [2.05, 4.69) is 9.88 Å². The number of carboxylic acids is 1. The van der Waals surface area contributed by atoms with Crippen LogP contribution in [0.3, 0.4) is 0 Å². The van der Waals surface area contributed by atoms with Crippen LogP contribution in [0.2, 0.25) is 0 Å². The molecule has 4 rings (SSSR count). The third-order valence-electron chi connectivity index (χ3n) is 7.26. The number of aliphatic hydroxyl groups excluding tert-OH is 2. The van der Waals surface area contributed by atoms with Gasteiger partial charge in [-0.1, -0.05) is 68.5 Å². The van der Waals surface area contributed by atoms with Gasteiger partial charge in [-0.3, -0.25) is 9.59 Å². The van der Waals surface area contributed by atoms with Crippen LogP contribution in [0.25, 0.3) is 11.1 Å². The van der Waals surface area contributed by atoms with Gasteiger partial charge in [-0.2, -0.15) is 0 Å². The number of nitrogens with one attached hydrogen (secondary N) is 1. The second-order valence-corrected chi connectivity index (χ2v) is 10.7. The van der Waals surface area contributed by atoms with E-state index in [4.69, 9.17) is 5.11 Å². The minimum absolute atomic E-state index is 0.0793. The molecule has 1 amide bonds. The molecule has 4 N–H and O–H groups in total. The number of allylic oxidation sites excluding steroid dienone is 4. The fourth-order valence-electron chi connectivity index (χ4n) is 5.52. The lowest BCUT2D eigenvalue weighted by Gasteiger charge is -2.23. The van der Waals surface area contributed by atoms with E-state index in [9.17, 15) is 24.2 Å². The molecule has 7 nitrogen and oxygen atoms in total. The summed E-state index contributed by atoms with van der Waals surface area (Å²) in [6.07, 6.45) is 2.76. The van der Waals surface area contributed by atoms with Gasteiger partial charge in [0.05, 0.1) is 24.2 Å². The van der Waals surface area contributed by atoms with Crippen molar-refractivity contribution in [2.45, 2.75) is 70.1 Å². The van der Waals surface area contributed by atoms with Crippen molar-refractivity contribution >= 4 is 17.6 Å². The molecular formula is C33H37FN2O5. The summed E-state index contributed by atoms with van der Waals surface area (Å²) in [7, 11) is 0. The molecule has 0 aliphatic heterocycles. The highest BCUT2D eigenvalue weighted by Crippen LogP contribution is 2.43. The number of hydrogen-bond acceptors (Lipinski definition) is 4. The van der Waals surface area contributed by atoms with E-state index in [1.165, 1.54) is 12.2 Å². The van der Waals surface area contributed by atoms with Gasteiger partial charge in [0.2, 0.25) is 0 Å². The minimum Gasteiger partial charge on any atom is -0.481 e. The molecule has 8 heteroatoms. The quantitative estimate of drug-likeness (QED) is 0.205. The summed E-state index contributed by atoms with van der Waals surface area (Å²) in [5, 5.41) is 32.8. The topological polar surface area (TPSA) is 112 Å². The van der Waals surface area contributed by atoms with Crippen LogP contribution in [0, 0.1) is 0 Å². The zero-order valence-corrected chi connectivity index (χ0v) is 23.3. The van der Waals surface area contributed by atoms with E-state index in [1.807, 2.05) is 80.6 Å². The number of aromatic nitrogens is 1. The molecule has 1 aliphatic rings. The van der Waals surface area contributed by atoms with E-state index in [0.717, 1.165) is 22.5 Å². The Bertz CT molecular complexity index is 1410. The fraction of sp³-hybridized carbons (Fsp3) is 0.333. The molecule has 1 aromatic heterocycles. The zero-order valence-electron chi connectivity index (χ0n) is 23.3. The summed E-state index contributed by atoms with van der Waals surface area (Å²) in [5.41, 5.74) is 4.42. The first-order valence-corrected chi connectivity index (χ1v) is 14.0. The number of amides is 1. The number of aliphatic carboxylic acids is 1. The van der Waals surface area contributed by atoms with E-state index in [1.54, 1.807) is 0 Å². The Hall–Kier alpha value is -4.01. The Labute approximate surface area is 239 Å². The number of carbonyl (C=O) groups is 2. The van der Waals surface area contributed by atoms with Crippen molar-refractivity contribution in [2.24, 2.45) is 0 Å². The number of rotatable bonds is 12. The first-order chi connectivity index (χ1) is 19.7. The predicted molar refractivity (Wildman–Crippen MR) is 158 cm³/mol. The summed E-state index contributed by atoms with van der Waals surface area (Å²) in [6, 6.07) is 18.8. The normalized spacial score (nSPS) is 16.3. The maximum atomic E-state index is 14.1. The number of carbonyl (C=O) groups excluding carboxylic acids is 1. The maximum absolute atomic E-state index is 14.1. The van der Waals surface area contributed by atoms with E-state index < -0.39 is 24.6 Å². The average molecular weight is 561 g/mol. The number of hydrogen-bond donors (Lipinski definition) is 4. The number of nitrogens with zero attached hydrogens (tertiary/aromatic N) is 1. The maximum Gasteiger partial charge on any atom is 0.305 e. The standard InChI is InChI=1S/C33H37FN2O5/c1-21(2)31-30(33(41)35-25-11-7-4-8-12-25)29(22-9-5-3-6-10-22)32(23-13-15-24(34)16-14-23)36(31)18-17-26(37)19-27(38)20-28(39)40/h3-13,15-16,21,23,26-27,37-38H,14,17-20H2,1-2H3,(H,35,41)(H,39,40). The van der Waals surface area contributed by atoms with Crippen LogP contribution in [0.1, 0.15) is 73.1 Å². The van der Waals surface area contributed by atoms with Gasteiger partial charge in [0.25, 0.3) is 5.91 Å². The highest BCUT2D eigenvalue weighted by molar-refractivity contribution is 6.10. The molecule has 0 saturated carbocycles. The molecule has 2 aromatic carbocycles. The summed E-state index contributed by atoms with van der Waals surface area (Å²) < 4.78 is 16.1. The number of anilines is 1. The zero-order chi connectivity index (χ0) is 29.5. The highest BCUT2D eigenvalue weighted by atomic mass is 19.1. The van der Waals surface area contributed by atoms with E-state index in [-0.39, 0.29) is 36.4 Å². The number of carboxylic acid groups (broad SMARTS) is 1. The third kappa shape index (κ3) is 7.39. The molecule has 0 saturated heterocycles. The molecule has 3 aromatic rings. The van der Waals surface area contributed by atoms with Crippen LogP contribution in [0.15, 0.2) is 84.7 Å². The van der Waals surface area contributed by atoms with E-state index in [0.29, 0.717) is 24.2 Å². The third-order valence-corrected chi connectivity index (χ3v) is 7.26. The van der Waals surface area contributed by atoms with Crippen molar-refractivity contribution in [2.75, 3.05) is 5.32 Å². The Kier molecular flexibility index (Phi) is 9.91. The molecule has 3 atom stereocenters. The molecule has 0 spiro atoms. The Morgan fingerprint density at radius 1 is 1.02 bits per heavy atom. The average Bonchev–Trinajstić information content (AvgIpc) is 3.28. The van der Waals surface area contributed by atoms with Gasteiger partial charge in [-0.25, -0.2) is 4.39 Å². The summed E-state index contributed by atoms with van der Waals surface area (Å²) >= 11 is 0. The molecule has 0 radical (unpaired) electrons. The second kappa shape index (κ2) is 13.6. The van der Waals surface area contributed by atoms with Gasteiger partial charge >= 0.3 is 5.97 Å². The van der Waals surface area contributed by atoms with Crippen molar-refractivity contribution in [3.05, 3.63) is 102 Å². The second-order valence-electron chi connectivity index (χ2n) is 10.7. The molecule has 41 heavy (non-hydrogen) atoms. The van der Waals surface area contributed by atoms with Crippen molar-refractivity contribution in [1.82, 2.24) is 4.57 Å². The first-order valence-electron chi connectivity index (χ1n) is 14.0. The number of benzene rings is 2. The molecule has 3 unspecified atom stereocenters. The summed E-state index contributed by atoms with van der Waals surface area (Å²) in [6.45, 7) is 4.33. The molecule has 0 bridgehead atoms. The van der Waals surface area contributed by atoms with Gasteiger partial charge in [0, 0.05) is 35.1 Å². The van der Waals surface area contributed by atoms with Crippen LogP contribution < -0.4 is 5.32 Å². The van der Waals surface area contributed by atoms with Crippen molar-refractivity contribution in [3.63, 3.8) is 0 Å². The monoisotopic (exact) mass is 560 g/mol. The largest absolute Gasteiger partial charge is 0.481 e. The lowest BCUT2D eigenvalue weighted by molar-refractivity contribution is -0.139. The number of aliphatic hydroxyl groups is 2. The van der Waals surface area contributed by atoms with Crippen molar-refractivity contribution in [1.29, 1.82) is 0 Å². The Morgan fingerprint density at radius 3 is 2.27 bits per heavy atom. The molecule has 1 aliphatic carbocycles. The SMILES string of the molecule is CC(C)c1c(C(=O)Nc2ccccc2)c(-c2ccccc2)c(C2C=CC(F)=CC2)n1CCC(O)CC(O)CC(=O)O. The highest BCUT2D eigenvalue weighted by Gasteiger charge is 2.33. The fourth-order valence-corrected chi connectivity index (χ4v) is 5.52. The molecule has 216 valence electrons. The van der Waals surface area contributed by atoms with Crippen LogP contribution in [0.5, 0.6) is 0 Å². The molecule has 0 fully saturated rings. The van der Waals surface area contributed by atoms with Crippen LogP contribution >= 0.6 is 0 Å². The lowest BCUT2D eigenvalue weighted by Crippen LogP contribution is -2.23. The Morgan fingerprint density at radius 2 is 1.68 bits per heavy atom. The van der Waals surface area contributed by atoms with Gasteiger partial charge in [0.15, 0.2) is 0 Å². The number of halogens is 1. The Balaban J connectivity index is 1.85. The van der Waals surface area contributed by atoms with Crippen LogP contribution in [0.4, 0.5) is 10.1 Å². The first kappa shape index (κ1) is 30.0. The van der Waals surface area contributed by atoms with Gasteiger partial charge < -0.3 is 25.2 Å². The van der Waals surface area contributed by atoms with Crippen molar-refractivity contribution < 1.29 is 29.3 Å². The van der Waals surface area contributed by atoms with Gasteiger partial charge in [-0.05, 0) is 55.0 Å². The summed E-state index contributed by atoms with van der Waals surface area (Å²) in [4.78, 5) is 25.0. The number of para-hydroxylation sites is 1. The van der Waals surface area contributed by atoms with Gasteiger partial charge in [-0.15, -0.1) is 0 Å². The molecule has 1 heterocycles. The van der Waals surface area contributed by atoms with E-state index >= 15 is 0 Å². The van der Waals surface area contributed by atoms with Crippen molar-refractivity contribution in [3.8, 4) is 11.1 Å². The van der Waals surface area contributed by atoms with Crippen LogP contribution in [-0.2, 0) is 11.3 Å². The molecular weight excluding hydrogens is 523 g/mol. The van der Waals surface area contributed by atoms with Crippen LogP contribution in [-0.4, -0.2) is 44.0 Å². The van der Waals surface area contributed by atoms with Gasteiger partial charge in [0.1, 0.15) is 5.83 Å². The minimum atomic E-state index is -1.17. The summed E-state index contributed by atoms with van der Waals surface area (Å²) in [5.74, 6) is -2.02. The lowest BCUT2D eigenvalue weighted by atomic mass is 9.89. The smallest absolute Gasteiger partial charge is 0.305 e.